The molecule has 1 aromatic heterocycles. The first kappa shape index (κ1) is 20.4. The number of nitrogens with zero attached hydrogens (tertiary/aromatic N) is 3. The molecule has 1 aliphatic heterocycles. The standard InChI is InChI=1S/C20H29FN4O.ClH/c1-14-12-17-19(13-18(14)21)26-23-20(17)25-10-8-24(9-11-25)7-6-15-2-4-16(22)5-3-15;/h12-13,15-16H,2-11,22H2,1H3;1H. The summed E-state index contributed by atoms with van der Waals surface area (Å²) in [6.45, 7) is 6.92. The summed E-state index contributed by atoms with van der Waals surface area (Å²) < 4.78 is 19.0. The van der Waals surface area contributed by atoms with E-state index in [-0.39, 0.29) is 18.2 Å². The average Bonchev–Trinajstić information content (AvgIpc) is 3.05. The molecule has 0 amide bonds. The number of benzene rings is 1. The predicted molar refractivity (Wildman–Crippen MR) is 109 cm³/mol. The number of piperazine rings is 1. The fourth-order valence-corrected chi connectivity index (χ4v) is 4.31. The van der Waals surface area contributed by atoms with Gasteiger partial charge in [0.1, 0.15) is 5.82 Å². The van der Waals surface area contributed by atoms with E-state index in [2.05, 4.69) is 15.0 Å². The molecule has 27 heavy (non-hydrogen) atoms. The summed E-state index contributed by atoms with van der Waals surface area (Å²) in [6.07, 6.45) is 6.26. The van der Waals surface area contributed by atoms with Crippen molar-refractivity contribution in [3.8, 4) is 0 Å². The minimum atomic E-state index is -0.242. The Hall–Kier alpha value is -1.37. The quantitative estimate of drug-likeness (QED) is 0.853. The lowest BCUT2D eigenvalue weighted by Crippen LogP contribution is -2.47. The van der Waals surface area contributed by atoms with Gasteiger partial charge in [-0.2, -0.15) is 0 Å². The SMILES string of the molecule is Cc1cc2c(N3CCN(CCC4CCC(N)CC4)CC3)noc2cc1F.Cl. The van der Waals surface area contributed by atoms with E-state index in [4.69, 9.17) is 10.3 Å². The second kappa shape index (κ2) is 8.76. The molecule has 0 unspecified atom stereocenters. The number of aromatic nitrogens is 1. The molecule has 5 nitrogen and oxygen atoms in total. The van der Waals surface area contributed by atoms with Gasteiger partial charge in [-0.1, -0.05) is 5.16 Å². The Kier molecular flexibility index (Phi) is 6.61. The molecule has 1 saturated heterocycles. The smallest absolute Gasteiger partial charge is 0.180 e. The Balaban J connectivity index is 0.00000210. The monoisotopic (exact) mass is 396 g/mol. The van der Waals surface area contributed by atoms with E-state index in [1.807, 2.05) is 6.07 Å². The molecule has 1 saturated carbocycles. The van der Waals surface area contributed by atoms with Gasteiger partial charge in [-0.15, -0.1) is 12.4 Å². The van der Waals surface area contributed by atoms with E-state index >= 15 is 0 Å². The fourth-order valence-electron chi connectivity index (χ4n) is 4.31. The fraction of sp³-hybridized carbons (Fsp3) is 0.650. The van der Waals surface area contributed by atoms with Crippen LogP contribution in [0, 0.1) is 18.7 Å². The van der Waals surface area contributed by atoms with Gasteiger partial charge in [0.05, 0.1) is 5.39 Å². The van der Waals surface area contributed by atoms with Crippen molar-refractivity contribution in [3.05, 3.63) is 23.5 Å². The van der Waals surface area contributed by atoms with Gasteiger partial charge in [0.25, 0.3) is 0 Å². The largest absolute Gasteiger partial charge is 0.354 e. The molecule has 1 aromatic carbocycles. The normalized spacial score (nSPS) is 24.2. The minimum absolute atomic E-state index is 0. The number of nitrogens with two attached hydrogens (primary N) is 1. The summed E-state index contributed by atoms with van der Waals surface area (Å²) in [5.74, 6) is 1.46. The second-order valence-corrected chi connectivity index (χ2v) is 8.00. The molecule has 0 radical (unpaired) electrons. The van der Waals surface area contributed by atoms with E-state index in [9.17, 15) is 4.39 Å². The van der Waals surface area contributed by atoms with Crippen LogP contribution in [-0.4, -0.2) is 48.8 Å². The molecule has 1 aliphatic carbocycles. The number of hydrogen-bond donors (Lipinski definition) is 1. The highest BCUT2D eigenvalue weighted by Gasteiger charge is 2.24. The van der Waals surface area contributed by atoms with Crippen LogP contribution in [-0.2, 0) is 0 Å². The Morgan fingerprint density at radius 2 is 1.85 bits per heavy atom. The molecule has 2 aromatic rings. The van der Waals surface area contributed by atoms with Crippen molar-refractivity contribution in [1.29, 1.82) is 0 Å². The topological polar surface area (TPSA) is 58.5 Å². The van der Waals surface area contributed by atoms with Gasteiger partial charge in [0, 0.05) is 38.3 Å². The number of aryl methyl sites for hydroxylation is 1. The van der Waals surface area contributed by atoms with Crippen LogP contribution in [0.5, 0.6) is 0 Å². The molecule has 2 fully saturated rings. The first-order chi connectivity index (χ1) is 12.6. The Morgan fingerprint density at radius 3 is 2.56 bits per heavy atom. The molecule has 0 bridgehead atoms. The van der Waals surface area contributed by atoms with Crippen LogP contribution in [0.2, 0.25) is 0 Å². The summed E-state index contributed by atoms with van der Waals surface area (Å²) >= 11 is 0. The average molecular weight is 397 g/mol. The maximum Gasteiger partial charge on any atom is 0.180 e. The predicted octanol–water partition coefficient (Wildman–Crippen LogP) is 3.73. The molecule has 0 atom stereocenters. The second-order valence-electron chi connectivity index (χ2n) is 8.00. The van der Waals surface area contributed by atoms with Gasteiger partial charge < -0.3 is 15.2 Å². The van der Waals surface area contributed by atoms with E-state index in [0.717, 1.165) is 43.3 Å². The molecule has 4 rings (SSSR count). The molecule has 0 spiro atoms. The van der Waals surface area contributed by atoms with Crippen molar-refractivity contribution in [2.45, 2.75) is 45.1 Å². The summed E-state index contributed by atoms with van der Waals surface area (Å²) in [6, 6.07) is 3.72. The third kappa shape index (κ3) is 4.55. The van der Waals surface area contributed by atoms with Gasteiger partial charge in [-0.25, -0.2) is 4.39 Å². The van der Waals surface area contributed by atoms with Crippen LogP contribution in [0.3, 0.4) is 0 Å². The number of anilines is 1. The number of fused-ring (bicyclic) bond motifs is 1. The van der Waals surface area contributed by atoms with Gasteiger partial charge in [-0.05, 0) is 63.1 Å². The van der Waals surface area contributed by atoms with Crippen LogP contribution in [0.15, 0.2) is 16.7 Å². The molecular formula is C20H30ClFN4O. The van der Waals surface area contributed by atoms with Crippen LogP contribution in [0.25, 0.3) is 11.0 Å². The van der Waals surface area contributed by atoms with Crippen LogP contribution >= 0.6 is 12.4 Å². The third-order valence-corrected chi connectivity index (χ3v) is 6.15. The van der Waals surface area contributed by atoms with Gasteiger partial charge in [-0.3, -0.25) is 4.90 Å². The Morgan fingerprint density at radius 1 is 1.15 bits per heavy atom. The maximum atomic E-state index is 13.7. The van der Waals surface area contributed by atoms with Crippen LogP contribution in [0.4, 0.5) is 10.2 Å². The molecule has 7 heteroatoms. The highest BCUT2D eigenvalue weighted by atomic mass is 35.5. The lowest BCUT2D eigenvalue weighted by molar-refractivity contribution is 0.216. The van der Waals surface area contributed by atoms with Crippen molar-refractivity contribution >= 4 is 29.2 Å². The molecular weight excluding hydrogens is 367 g/mol. The minimum Gasteiger partial charge on any atom is -0.354 e. The molecule has 2 heterocycles. The van der Waals surface area contributed by atoms with Crippen molar-refractivity contribution in [1.82, 2.24) is 10.1 Å². The van der Waals surface area contributed by atoms with Gasteiger partial charge in [0.15, 0.2) is 11.4 Å². The summed E-state index contributed by atoms with van der Waals surface area (Å²) in [5, 5.41) is 5.12. The van der Waals surface area contributed by atoms with Crippen molar-refractivity contribution in [2.75, 3.05) is 37.6 Å². The zero-order valence-electron chi connectivity index (χ0n) is 16.0. The lowest BCUT2D eigenvalue weighted by Gasteiger charge is -2.36. The number of halogens is 2. The van der Waals surface area contributed by atoms with E-state index in [0.29, 0.717) is 17.2 Å². The highest BCUT2D eigenvalue weighted by Crippen LogP contribution is 2.30. The van der Waals surface area contributed by atoms with Crippen molar-refractivity contribution in [3.63, 3.8) is 0 Å². The molecule has 2 N–H and O–H groups in total. The third-order valence-electron chi connectivity index (χ3n) is 6.15. The zero-order chi connectivity index (χ0) is 18.1. The van der Waals surface area contributed by atoms with Gasteiger partial charge >= 0.3 is 0 Å². The maximum absolute atomic E-state index is 13.7. The van der Waals surface area contributed by atoms with E-state index in [1.165, 1.54) is 44.7 Å². The Bertz CT molecular complexity index is 752. The lowest BCUT2D eigenvalue weighted by atomic mass is 9.84. The van der Waals surface area contributed by atoms with Crippen LogP contribution < -0.4 is 10.6 Å². The number of hydrogen-bond acceptors (Lipinski definition) is 5. The van der Waals surface area contributed by atoms with E-state index < -0.39 is 0 Å². The van der Waals surface area contributed by atoms with Crippen molar-refractivity contribution in [2.24, 2.45) is 11.7 Å². The molecule has 150 valence electrons. The first-order valence-corrected chi connectivity index (χ1v) is 9.88. The van der Waals surface area contributed by atoms with Gasteiger partial charge in [0.2, 0.25) is 0 Å². The first-order valence-electron chi connectivity index (χ1n) is 9.88. The summed E-state index contributed by atoms with van der Waals surface area (Å²) in [7, 11) is 0. The molecule has 2 aliphatic rings. The zero-order valence-corrected chi connectivity index (χ0v) is 16.8. The summed E-state index contributed by atoms with van der Waals surface area (Å²) in [4.78, 5) is 4.82. The number of rotatable bonds is 4. The van der Waals surface area contributed by atoms with E-state index in [1.54, 1.807) is 6.92 Å². The highest BCUT2D eigenvalue weighted by molar-refractivity contribution is 5.89. The summed E-state index contributed by atoms with van der Waals surface area (Å²) in [5.41, 5.74) is 7.17. The van der Waals surface area contributed by atoms with Crippen LogP contribution in [0.1, 0.15) is 37.7 Å². The Labute approximate surface area is 166 Å². The van der Waals surface area contributed by atoms with Crippen molar-refractivity contribution < 1.29 is 8.91 Å².